The zero-order chi connectivity index (χ0) is 19.4. The lowest BCUT2D eigenvalue weighted by Gasteiger charge is -2.40. The Morgan fingerprint density at radius 1 is 1.21 bits per heavy atom. The molecule has 0 aliphatic carbocycles. The summed E-state index contributed by atoms with van der Waals surface area (Å²) in [5, 5.41) is 4.29. The van der Waals surface area contributed by atoms with Crippen LogP contribution in [0.3, 0.4) is 0 Å². The summed E-state index contributed by atoms with van der Waals surface area (Å²) in [6.07, 6.45) is 5.34. The molecule has 7 nitrogen and oxygen atoms in total. The number of piperidine rings is 1. The summed E-state index contributed by atoms with van der Waals surface area (Å²) < 4.78 is 13.5. The molecule has 1 spiro atoms. The number of para-hydroxylation sites is 1. The van der Waals surface area contributed by atoms with Gasteiger partial charge in [0.05, 0.1) is 19.6 Å². The van der Waals surface area contributed by atoms with Crippen LogP contribution >= 0.6 is 0 Å². The molecule has 2 aromatic rings. The number of hydrogen-bond acceptors (Lipinski definition) is 5. The molecule has 3 heterocycles. The van der Waals surface area contributed by atoms with Crippen molar-refractivity contribution in [2.75, 3.05) is 32.8 Å². The van der Waals surface area contributed by atoms with Crippen LogP contribution in [0.1, 0.15) is 19.8 Å². The molecule has 1 aromatic carbocycles. The Labute approximate surface area is 165 Å². The van der Waals surface area contributed by atoms with Crippen molar-refractivity contribution in [2.45, 2.75) is 38.0 Å². The molecule has 1 atom stereocenters. The van der Waals surface area contributed by atoms with E-state index in [1.54, 1.807) is 4.90 Å². The summed E-state index contributed by atoms with van der Waals surface area (Å²) in [5.41, 5.74) is -0.342. The lowest BCUT2D eigenvalue weighted by Crippen LogP contribution is -2.50. The third-order valence-electron chi connectivity index (χ3n) is 5.76. The Kier molecular flexibility index (Phi) is 5.52. The van der Waals surface area contributed by atoms with Gasteiger partial charge in [0, 0.05) is 44.4 Å². The monoisotopic (exact) mass is 384 g/mol. The summed E-state index contributed by atoms with van der Waals surface area (Å²) in [7, 11) is 0. The topological polar surface area (TPSA) is 59.8 Å². The van der Waals surface area contributed by atoms with Gasteiger partial charge in [-0.05, 0) is 25.1 Å². The third kappa shape index (κ3) is 4.30. The van der Waals surface area contributed by atoms with Gasteiger partial charge in [-0.25, -0.2) is 4.79 Å². The SMILES string of the molecule is CC(Cn1cccn1)N1CCC2(CC1)CN(CCOc1ccccc1)C(=O)O2. The van der Waals surface area contributed by atoms with E-state index in [9.17, 15) is 4.79 Å². The number of rotatable bonds is 7. The number of amides is 1. The van der Waals surface area contributed by atoms with E-state index in [1.807, 2.05) is 53.5 Å². The van der Waals surface area contributed by atoms with Crippen LogP contribution in [-0.2, 0) is 11.3 Å². The van der Waals surface area contributed by atoms with E-state index in [-0.39, 0.29) is 11.7 Å². The fourth-order valence-corrected chi connectivity index (χ4v) is 4.08. The highest BCUT2D eigenvalue weighted by atomic mass is 16.6. The number of likely N-dealkylation sites (tertiary alicyclic amines) is 1. The number of nitrogens with zero attached hydrogens (tertiary/aromatic N) is 4. The van der Waals surface area contributed by atoms with E-state index in [4.69, 9.17) is 9.47 Å². The van der Waals surface area contributed by atoms with Gasteiger partial charge in [0.1, 0.15) is 18.0 Å². The summed E-state index contributed by atoms with van der Waals surface area (Å²) in [4.78, 5) is 16.6. The van der Waals surface area contributed by atoms with Crippen molar-refractivity contribution in [3.8, 4) is 5.75 Å². The molecule has 2 saturated heterocycles. The van der Waals surface area contributed by atoms with Crippen molar-refractivity contribution < 1.29 is 14.3 Å². The zero-order valence-corrected chi connectivity index (χ0v) is 16.4. The first-order valence-electron chi connectivity index (χ1n) is 10.0. The third-order valence-corrected chi connectivity index (χ3v) is 5.76. The van der Waals surface area contributed by atoms with E-state index < -0.39 is 0 Å². The minimum absolute atomic E-state index is 0.213. The molecule has 7 heteroatoms. The minimum atomic E-state index is -0.342. The van der Waals surface area contributed by atoms with Gasteiger partial charge in [-0.15, -0.1) is 0 Å². The number of ether oxygens (including phenoxy) is 2. The van der Waals surface area contributed by atoms with Crippen molar-refractivity contribution in [3.05, 3.63) is 48.8 Å². The molecule has 1 unspecified atom stereocenters. The van der Waals surface area contributed by atoms with Gasteiger partial charge >= 0.3 is 6.09 Å². The molecule has 2 fully saturated rings. The van der Waals surface area contributed by atoms with Gasteiger partial charge in [0.15, 0.2) is 0 Å². The van der Waals surface area contributed by atoms with Gasteiger partial charge in [0.2, 0.25) is 0 Å². The van der Waals surface area contributed by atoms with Gasteiger partial charge < -0.3 is 14.4 Å². The maximum Gasteiger partial charge on any atom is 0.410 e. The van der Waals surface area contributed by atoms with E-state index in [1.165, 1.54) is 0 Å². The molecule has 28 heavy (non-hydrogen) atoms. The first-order valence-corrected chi connectivity index (χ1v) is 10.0. The van der Waals surface area contributed by atoms with Gasteiger partial charge in [-0.2, -0.15) is 5.10 Å². The summed E-state index contributed by atoms with van der Waals surface area (Å²) in [6, 6.07) is 12.0. The molecule has 0 N–H and O–H groups in total. The fourth-order valence-electron chi connectivity index (χ4n) is 4.08. The Morgan fingerprint density at radius 3 is 2.71 bits per heavy atom. The second kappa shape index (κ2) is 8.22. The number of benzene rings is 1. The van der Waals surface area contributed by atoms with Crippen molar-refractivity contribution in [1.82, 2.24) is 19.6 Å². The van der Waals surface area contributed by atoms with E-state index in [0.29, 0.717) is 25.7 Å². The second-order valence-electron chi connectivity index (χ2n) is 7.75. The Morgan fingerprint density at radius 2 is 2.00 bits per heavy atom. The molecule has 4 rings (SSSR count). The van der Waals surface area contributed by atoms with Crippen LogP contribution in [-0.4, -0.2) is 70.1 Å². The summed E-state index contributed by atoms with van der Waals surface area (Å²) in [6.45, 7) is 6.66. The highest BCUT2D eigenvalue weighted by molar-refractivity contribution is 5.70. The smallest absolute Gasteiger partial charge is 0.410 e. The first kappa shape index (κ1) is 18.8. The summed E-state index contributed by atoms with van der Waals surface area (Å²) >= 11 is 0. The molecular formula is C21H28N4O3. The average Bonchev–Trinajstić information content (AvgIpc) is 3.31. The molecule has 1 aromatic heterocycles. The normalized spacial score (nSPS) is 20.3. The van der Waals surface area contributed by atoms with Crippen molar-refractivity contribution in [3.63, 3.8) is 0 Å². The van der Waals surface area contributed by atoms with Crippen LogP contribution in [0.4, 0.5) is 4.79 Å². The average molecular weight is 384 g/mol. The molecular weight excluding hydrogens is 356 g/mol. The Hall–Kier alpha value is -2.54. The zero-order valence-electron chi connectivity index (χ0n) is 16.4. The second-order valence-corrected chi connectivity index (χ2v) is 7.75. The standard InChI is InChI=1S/C21H28N4O3/c1-18(16-25-11-5-10-22-25)23-12-8-21(9-13-23)17-24(20(26)28-21)14-15-27-19-6-3-2-4-7-19/h2-7,10-11,18H,8-9,12-17H2,1H3. The Balaban J connectivity index is 1.24. The largest absolute Gasteiger partial charge is 0.492 e. The molecule has 2 aliphatic heterocycles. The van der Waals surface area contributed by atoms with Crippen LogP contribution in [0, 0.1) is 0 Å². The van der Waals surface area contributed by atoms with Crippen LogP contribution in [0.5, 0.6) is 5.75 Å². The number of carbonyl (C=O) groups excluding carboxylic acids is 1. The maximum absolute atomic E-state index is 12.3. The van der Waals surface area contributed by atoms with E-state index >= 15 is 0 Å². The van der Waals surface area contributed by atoms with Gasteiger partial charge in [-0.3, -0.25) is 9.58 Å². The van der Waals surface area contributed by atoms with Gasteiger partial charge in [-0.1, -0.05) is 18.2 Å². The number of hydrogen-bond donors (Lipinski definition) is 0. The lowest BCUT2D eigenvalue weighted by atomic mass is 9.90. The summed E-state index contributed by atoms with van der Waals surface area (Å²) in [5.74, 6) is 0.823. The highest BCUT2D eigenvalue weighted by Gasteiger charge is 2.47. The number of carbonyl (C=O) groups is 1. The predicted molar refractivity (Wildman–Crippen MR) is 105 cm³/mol. The molecule has 2 aliphatic rings. The van der Waals surface area contributed by atoms with Crippen molar-refractivity contribution in [2.24, 2.45) is 0 Å². The highest BCUT2D eigenvalue weighted by Crippen LogP contribution is 2.33. The van der Waals surface area contributed by atoms with Crippen LogP contribution in [0.2, 0.25) is 0 Å². The van der Waals surface area contributed by atoms with E-state index in [0.717, 1.165) is 38.2 Å². The lowest BCUT2D eigenvalue weighted by molar-refractivity contribution is -0.0102. The Bertz CT molecular complexity index is 757. The maximum atomic E-state index is 12.3. The quantitative estimate of drug-likeness (QED) is 0.734. The van der Waals surface area contributed by atoms with Crippen LogP contribution in [0.25, 0.3) is 0 Å². The molecule has 0 saturated carbocycles. The fraction of sp³-hybridized carbons (Fsp3) is 0.524. The number of aromatic nitrogens is 2. The van der Waals surface area contributed by atoms with E-state index in [2.05, 4.69) is 16.9 Å². The van der Waals surface area contributed by atoms with Crippen LogP contribution < -0.4 is 4.74 Å². The molecule has 1 amide bonds. The van der Waals surface area contributed by atoms with Crippen molar-refractivity contribution in [1.29, 1.82) is 0 Å². The molecule has 150 valence electrons. The first-order chi connectivity index (χ1) is 13.6. The van der Waals surface area contributed by atoms with Crippen LogP contribution in [0.15, 0.2) is 48.8 Å². The van der Waals surface area contributed by atoms with Gasteiger partial charge in [0.25, 0.3) is 0 Å². The minimum Gasteiger partial charge on any atom is -0.492 e. The van der Waals surface area contributed by atoms with Crippen molar-refractivity contribution >= 4 is 6.09 Å². The molecule has 0 bridgehead atoms. The molecule has 0 radical (unpaired) electrons. The predicted octanol–water partition coefficient (Wildman–Crippen LogP) is 2.64.